The Labute approximate surface area is 234 Å². The summed E-state index contributed by atoms with van der Waals surface area (Å²) in [6.07, 6.45) is 7.31. The zero-order valence-electron chi connectivity index (χ0n) is 21.7. The lowest BCUT2D eigenvalue weighted by molar-refractivity contribution is 0.0786. The van der Waals surface area contributed by atoms with Gasteiger partial charge in [0.2, 0.25) is 0 Å². The van der Waals surface area contributed by atoms with Crippen molar-refractivity contribution >= 4 is 32.5 Å². The van der Waals surface area contributed by atoms with Crippen LogP contribution < -0.4 is 0 Å². The number of nitrogens with zero attached hydrogens (tertiary/aromatic N) is 6. The third-order valence-electron chi connectivity index (χ3n) is 7.33. The van der Waals surface area contributed by atoms with Gasteiger partial charge in [-0.15, -0.1) is 11.3 Å². The second-order valence-corrected chi connectivity index (χ2v) is 12.7. The Morgan fingerprint density at radius 3 is 2.70 bits per heavy atom. The second-order valence-electron chi connectivity index (χ2n) is 10.0. The number of thiazole rings is 1. The van der Waals surface area contributed by atoms with Crippen LogP contribution >= 0.6 is 11.3 Å². The third kappa shape index (κ3) is 3.80. The van der Waals surface area contributed by atoms with Gasteiger partial charge in [-0.25, -0.2) is 27.3 Å². The number of imidazole rings is 1. The van der Waals surface area contributed by atoms with Gasteiger partial charge < -0.3 is 9.67 Å². The van der Waals surface area contributed by atoms with Crippen LogP contribution in [0.25, 0.3) is 33.0 Å². The zero-order valence-corrected chi connectivity index (χ0v) is 23.3. The highest BCUT2D eigenvalue weighted by atomic mass is 32.2. The average molecular weight is 569 g/mol. The molecule has 9 nitrogen and oxygen atoms in total. The topological polar surface area (TPSA) is 116 Å². The summed E-state index contributed by atoms with van der Waals surface area (Å²) < 4.78 is 30.5. The number of aromatic nitrogens is 6. The first kappa shape index (κ1) is 24.8. The smallest absolute Gasteiger partial charge is 0.269 e. The van der Waals surface area contributed by atoms with Crippen molar-refractivity contribution in [2.24, 2.45) is 0 Å². The summed E-state index contributed by atoms with van der Waals surface area (Å²) in [4.78, 5) is 18.5. The number of hydrogen-bond donors (Lipinski definition) is 1. The van der Waals surface area contributed by atoms with Crippen LogP contribution in [0.5, 0.6) is 0 Å². The highest BCUT2D eigenvalue weighted by Crippen LogP contribution is 2.40. The lowest BCUT2D eigenvalue weighted by Crippen LogP contribution is -2.25. The number of rotatable bonds is 5. The fourth-order valence-corrected chi connectivity index (χ4v) is 7.34. The molecule has 0 spiro atoms. The van der Waals surface area contributed by atoms with E-state index in [0.29, 0.717) is 46.3 Å². The van der Waals surface area contributed by atoms with Crippen LogP contribution in [-0.4, -0.2) is 42.0 Å². The molecule has 0 fully saturated rings. The van der Waals surface area contributed by atoms with Gasteiger partial charge in [0.1, 0.15) is 21.9 Å². The van der Waals surface area contributed by atoms with Gasteiger partial charge in [-0.1, -0.05) is 35.9 Å². The van der Waals surface area contributed by atoms with Crippen LogP contribution in [0.2, 0.25) is 0 Å². The van der Waals surface area contributed by atoms with E-state index in [1.807, 2.05) is 47.3 Å². The Kier molecular flexibility index (Phi) is 5.53. The molecule has 11 heteroatoms. The Hall–Kier alpha value is -4.19. The van der Waals surface area contributed by atoms with E-state index in [0.717, 1.165) is 16.7 Å². The molecule has 2 aromatic carbocycles. The van der Waals surface area contributed by atoms with Crippen LogP contribution in [0.4, 0.5) is 0 Å². The Bertz CT molecular complexity index is 2020. The molecule has 1 aliphatic heterocycles. The SMILES string of the molecule is Cc1ccc(S(=O)(=O)n2cc(-c3nc(-c4cccc([C@]5(O)CCn6ccnc65)c4)cs3)c3ncc(C)nc32)cc1. The molecule has 0 bridgehead atoms. The summed E-state index contributed by atoms with van der Waals surface area (Å²) in [5.74, 6) is 0.639. The van der Waals surface area contributed by atoms with E-state index in [-0.39, 0.29) is 10.5 Å². The fourth-order valence-electron chi connectivity index (χ4n) is 5.20. The second kappa shape index (κ2) is 8.91. The Balaban J connectivity index is 1.31. The zero-order chi connectivity index (χ0) is 27.6. The van der Waals surface area contributed by atoms with Crippen LogP contribution in [0, 0.1) is 13.8 Å². The molecule has 0 unspecified atom stereocenters. The van der Waals surface area contributed by atoms with Gasteiger partial charge >= 0.3 is 0 Å². The molecule has 200 valence electrons. The summed E-state index contributed by atoms with van der Waals surface area (Å²) in [6, 6.07) is 14.4. The van der Waals surface area contributed by atoms with E-state index in [4.69, 9.17) is 4.98 Å². The van der Waals surface area contributed by atoms with E-state index in [9.17, 15) is 13.5 Å². The molecule has 4 aromatic heterocycles. The molecule has 0 radical (unpaired) electrons. The standard InChI is InChI=1S/C29H24N6O3S2/c1-18-6-8-22(9-7-18)40(37,38)35-16-23(25-26(35)32-19(2)15-31-25)27-33-24(17-39-27)20-4-3-5-21(14-20)29(36)10-12-34-13-11-30-28(29)34/h3-9,11,13-17,36H,10,12H2,1-2H3/t29-/m1/s1. The molecule has 5 heterocycles. The quantitative estimate of drug-likeness (QED) is 0.314. The summed E-state index contributed by atoms with van der Waals surface area (Å²) in [7, 11) is -3.92. The molecule has 0 aliphatic carbocycles. The normalized spacial score (nSPS) is 17.0. The minimum Gasteiger partial charge on any atom is -0.377 e. The highest BCUT2D eigenvalue weighted by Gasteiger charge is 2.40. The summed E-state index contributed by atoms with van der Waals surface area (Å²) in [5, 5.41) is 14.1. The van der Waals surface area contributed by atoms with Crippen LogP contribution in [-0.2, 0) is 22.2 Å². The van der Waals surface area contributed by atoms with Gasteiger partial charge in [0.25, 0.3) is 10.0 Å². The lowest BCUT2D eigenvalue weighted by atomic mass is 9.90. The van der Waals surface area contributed by atoms with E-state index in [1.165, 1.54) is 15.3 Å². The van der Waals surface area contributed by atoms with Crippen molar-refractivity contribution in [2.75, 3.05) is 0 Å². The number of fused-ring (bicyclic) bond motifs is 2. The van der Waals surface area contributed by atoms with E-state index in [2.05, 4.69) is 15.0 Å². The van der Waals surface area contributed by atoms with Gasteiger partial charge in [0.15, 0.2) is 5.65 Å². The molecular weight excluding hydrogens is 544 g/mol. The molecule has 0 saturated carbocycles. The predicted octanol–water partition coefficient (Wildman–Crippen LogP) is 4.91. The van der Waals surface area contributed by atoms with Gasteiger partial charge in [-0.3, -0.25) is 4.98 Å². The molecule has 6 aromatic rings. The molecule has 1 aliphatic rings. The first-order valence-corrected chi connectivity index (χ1v) is 15.0. The van der Waals surface area contributed by atoms with Crippen molar-refractivity contribution in [1.29, 1.82) is 0 Å². The number of hydrogen-bond acceptors (Lipinski definition) is 8. The van der Waals surface area contributed by atoms with E-state index < -0.39 is 15.6 Å². The summed E-state index contributed by atoms with van der Waals surface area (Å²) in [6.45, 7) is 4.39. The summed E-state index contributed by atoms with van der Waals surface area (Å²) >= 11 is 1.40. The predicted molar refractivity (Wildman–Crippen MR) is 152 cm³/mol. The monoisotopic (exact) mass is 568 g/mol. The van der Waals surface area contributed by atoms with Gasteiger partial charge in [-0.2, -0.15) is 0 Å². The molecule has 7 rings (SSSR count). The van der Waals surface area contributed by atoms with Crippen molar-refractivity contribution in [2.45, 2.75) is 37.3 Å². The number of benzene rings is 2. The minimum atomic E-state index is -3.92. The number of aliphatic hydroxyl groups is 1. The van der Waals surface area contributed by atoms with Crippen LogP contribution in [0.3, 0.4) is 0 Å². The molecule has 0 saturated heterocycles. The largest absolute Gasteiger partial charge is 0.377 e. The van der Waals surface area contributed by atoms with Gasteiger partial charge in [0.05, 0.1) is 21.8 Å². The molecule has 0 amide bonds. The van der Waals surface area contributed by atoms with Gasteiger partial charge in [-0.05, 0) is 37.6 Å². The van der Waals surface area contributed by atoms with Crippen molar-refractivity contribution in [3.8, 4) is 21.8 Å². The maximum Gasteiger partial charge on any atom is 0.269 e. The minimum absolute atomic E-state index is 0.173. The molecule has 1 atom stereocenters. The highest BCUT2D eigenvalue weighted by molar-refractivity contribution is 7.90. The molecule has 1 N–H and O–H groups in total. The van der Waals surface area contributed by atoms with Crippen molar-refractivity contribution in [3.63, 3.8) is 0 Å². The third-order valence-corrected chi connectivity index (χ3v) is 9.87. The van der Waals surface area contributed by atoms with Crippen molar-refractivity contribution in [1.82, 2.24) is 28.5 Å². The number of aryl methyl sites for hydroxylation is 3. The van der Waals surface area contributed by atoms with Crippen molar-refractivity contribution in [3.05, 3.63) is 101 Å². The maximum atomic E-state index is 13.7. The first-order valence-electron chi connectivity index (χ1n) is 12.7. The Morgan fingerprint density at radius 2 is 1.88 bits per heavy atom. The van der Waals surface area contributed by atoms with Crippen LogP contribution in [0.15, 0.2) is 83.6 Å². The first-order chi connectivity index (χ1) is 19.2. The Morgan fingerprint density at radius 1 is 1.05 bits per heavy atom. The van der Waals surface area contributed by atoms with E-state index >= 15 is 0 Å². The molecular formula is C29H24N6O3S2. The molecule has 40 heavy (non-hydrogen) atoms. The van der Waals surface area contributed by atoms with Gasteiger partial charge in [0, 0.05) is 48.7 Å². The lowest BCUT2D eigenvalue weighted by Gasteiger charge is -2.22. The summed E-state index contributed by atoms with van der Waals surface area (Å²) in [5.41, 5.74) is 4.04. The fraction of sp³-hybridized carbons (Fsp3) is 0.172. The maximum absolute atomic E-state index is 13.7. The van der Waals surface area contributed by atoms with Crippen LogP contribution in [0.1, 0.15) is 29.1 Å². The van der Waals surface area contributed by atoms with Crippen molar-refractivity contribution < 1.29 is 13.5 Å². The van der Waals surface area contributed by atoms with E-state index in [1.54, 1.807) is 49.8 Å². The average Bonchev–Trinajstić information content (AvgIpc) is 3.74.